The first kappa shape index (κ1) is 26.2. The SMILES string of the molecule is O=C(CCCCCSSCCCCCC(=O)ON1C(=O)CCC1=O)ON1C(=O)CCC1=O. The van der Waals surface area contributed by atoms with Crippen LogP contribution in [-0.2, 0) is 38.4 Å². The molecule has 0 unspecified atom stereocenters. The van der Waals surface area contributed by atoms with Crippen LogP contribution in [0.15, 0.2) is 0 Å². The molecule has 0 bridgehead atoms. The Kier molecular flexibility index (Phi) is 11.6. The Bertz CT molecular complexity index is 638. The van der Waals surface area contributed by atoms with Crippen LogP contribution in [0.3, 0.4) is 0 Å². The number of nitrogens with zero attached hydrogens (tertiary/aromatic N) is 2. The zero-order valence-electron chi connectivity index (χ0n) is 17.9. The lowest BCUT2D eigenvalue weighted by Gasteiger charge is -2.12. The van der Waals surface area contributed by atoms with Crippen LogP contribution in [0.5, 0.6) is 0 Å². The van der Waals surface area contributed by atoms with Gasteiger partial charge in [-0.05, 0) is 25.7 Å². The third kappa shape index (κ3) is 9.19. The van der Waals surface area contributed by atoms with Gasteiger partial charge in [0, 0.05) is 50.0 Å². The lowest BCUT2D eigenvalue weighted by Crippen LogP contribution is -2.31. The normalized spacial score (nSPS) is 16.2. The molecule has 2 saturated heterocycles. The fraction of sp³-hybridized carbons (Fsp3) is 0.700. The van der Waals surface area contributed by atoms with Gasteiger partial charge >= 0.3 is 11.9 Å². The Morgan fingerprint density at radius 1 is 0.594 bits per heavy atom. The van der Waals surface area contributed by atoms with Crippen molar-refractivity contribution >= 4 is 57.2 Å². The summed E-state index contributed by atoms with van der Waals surface area (Å²) < 4.78 is 0. The van der Waals surface area contributed by atoms with E-state index < -0.39 is 35.6 Å². The summed E-state index contributed by atoms with van der Waals surface area (Å²) in [5, 5.41) is 1.15. The Morgan fingerprint density at radius 2 is 0.938 bits per heavy atom. The molecule has 0 N–H and O–H groups in total. The number of hydroxylamine groups is 4. The van der Waals surface area contributed by atoms with Crippen LogP contribution in [0, 0.1) is 0 Å². The number of carbonyl (C=O) groups excluding carboxylic acids is 6. The van der Waals surface area contributed by atoms with Crippen molar-refractivity contribution < 1.29 is 38.4 Å². The fourth-order valence-electron chi connectivity index (χ4n) is 2.94. The summed E-state index contributed by atoms with van der Waals surface area (Å²) in [6.07, 6.45) is 5.63. The fourth-order valence-corrected chi connectivity index (χ4v) is 5.24. The lowest BCUT2D eigenvalue weighted by atomic mass is 10.2. The highest BCUT2D eigenvalue weighted by molar-refractivity contribution is 8.76. The van der Waals surface area contributed by atoms with Crippen molar-refractivity contribution in [1.82, 2.24) is 10.1 Å². The molecule has 2 aliphatic heterocycles. The van der Waals surface area contributed by atoms with E-state index in [1.807, 2.05) is 0 Å². The molecule has 4 amide bonds. The second-order valence-corrected chi connectivity index (χ2v) is 10.1. The maximum Gasteiger partial charge on any atom is 0.333 e. The van der Waals surface area contributed by atoms with E-state index in [-0.39, 0.29) is 38.5 Å². The van der Waals surface area contributed by atoms with E-state index in [4.69, 9.17) is 9.68 Å². The number of unbranched alkanes of at least 4 members (excludes halogenated alkanes) is 4. The summed E-state index contributed by atoms with van der Waals surface area (Å²) in [4.78, 5) is 78.4. The van der Waals surface area contributed by atoms with Crippen molar-refractivity contribution in [3.8, 4) is 0 Å². The van der Waals surface area contributed by atoms with Gasteiger partial charge in [0.05, 0.1) is 0 Å². The van der Waals surface area contributed by atoms with Crippen molar-refractivity contribution in [2.45, 2.75) is 77.0 Å². The van der Waals surface area contributed by atoms with Gasteiger partial charge in [0.2, 0.25) is 0 Å². The summed E-state index contributed by atoms with van der Waals surface area (Å²) in [5.41, 5.74) is 0. The molecule has 2 aliphatic rings. The molecule has 2 rings (SSSR count). The van der Waals surface area contributed by atoms with Crippen LogP contribution in [-0.4, -0.2) is 57.2 Å². The summed E-state index contributed by atoms with van der Waals surface area (Å²) in [5.74, 6) is -1.08. The van der Waals surface area contributed by atoms with E-state index in [1.165, 1.54) is 0 Å². The van der Waals surface area contributed by atoms with Gasteiger partial charge in [-0.2, -0.15) is 0 Å². The molecule has 0 aromatic rings. The van der Waals surface area contributed by atoms with Crippen molar-refractivity contribution in [1.29, 1.82) is 0 Å². The first-order chi connectivity index (χ1) is 15.4. The molecule has 0 atom stereocenters. The van der Waals surface area contributed by atoms with Gasteiger partial charge in [-0.15, -0.1) is 10.1 Å². The van der Waals surface area contributed by atoms with Gasteiger partial charge < -0.3 is 9.68 Å². The van der Waals surface area contributed by atoms with Crippen LogP contribution in [0.1, 0.15) is 77.0 Å². The predicted octanol–water partition coefficient (Wildman–Crippen LogP) is 2.70. The molecule has 178 valence electrons. The summed E-state index contributed by atoms with van der Waals surface area (Å²) in [7, 11) is 3.51. The molecule has 32 heavy (non-hydrogen) atoms. The topological polar surface area (TPSA) is 127 Å². The zero-order valence-corrected chi connectivity index (χ0v) is 19.5. The Morgan fingerprint density at radius 3 is 1.28 bits per heavy atom. The standard InChI is InChI=1S/C20H28N2O8S2/c23-15-9-10-16(24)21(15)29-19(27)7-3-1-5-13-31-32-14-6-2-4-8-20(28)30-22-17(25)11-12-18(22)26/h1-14H2. The molecule has 0 aromatic carbocycles. The number of hydrogen-bond acceptors (Lipinski definition) is 10. The Hall–Kier alpha value is -2.08. The molecular weight excluding hydrogens is 460 g/mol. The van der Waals surface area contributed by atoms with Crippen LogP contribution in [0.2, 0.25) is 0 Å². The van der Waals surface area contributed by atoms with Crippen molar-refractivity contribution in [3.05, 3.63) is 0 Å². The van der Waals surface area contributed by atoms with E-state index in [0.717, 1.165) is 37.2 Å². The van der Waals surface area contributed by atoms with Crippen molar-refractivity contribution in [3.63, 3.8) is 0 Å². The number of hydrogen-bond donors (Lipinski definition) is 0. The first-order valence-corrected chi connectivity index (χ1v) is 13.2. The van der Waals surface area contributed by atoms with Crippen LogP contribution in [0.25, 0.3) is 0 Å². The third-order valence-electron chi connectivity index (χ3n) is 4.70. The molecule has 0 saturated carbocycles. The average molecular weight is 489 g/mol. The van der Waals surface area contributed by atoms with Crippen LogP contribution < -0.4 is 0 Å². The average Bonchev–Trinajstić information content (AvgIpc) is 3.24. The highest BCUT2D eigenvalue weighted by Gasteiger charge is 2.33. The molecule has 0 radical (unpaired) electrons. The van der Waals surface area contributed by atoms with Gasteiger partial charge in [-0.3, -0.25) is 19.2 Å². The van der Waals surface area contributed by atoms with Crippen molar-refractivity contribution in [2.24, 2.45) is 0 Å². The molecule has 0 aromatic heterocycles. The number of amides is 4. The monoisotopic (exact) mass is 488 g/mol. The summed E-state index contributed by atoms with van der Waals surface area (Å²) >= 11 is 0. The molecule has 0 spiro atoms. The van der Waals surface area contributed by atoms with Gasteiger partial charge in [0.25, 0.3) is 23.6 Å². The maximum atomic E-state index is 11.7. The van der Waals surface area contributed by atoms with E-state index in [1.54, 1.807) is 21.6 Å². The zero-order chi connectivity index (χ0) is 23.3. The van der Waals surface area contributed by atoms with E-state index in [0.29, 0.717) is 23.0 Å². The summed E-state index contributed by atoms with van der Waals surface area (Å²) in [6.45, 7) is 0. The Balaban J connectivity index is 1.35. The van der Waals surface area contributed by atoms with Gasteiger partial charge in [0.15, 0.2) is 0 Å². The molecule has 2 fully saturated rings. The van der Waals surface area contributed by atoms with E-state index >= 15 is 0 Å². The van der Waals surface area contributed by atoms with Crippen molar-refractivity contribution in [2.75, 3.05) is 11.5 Å². The quantitative estimate of drug-likeness (QED) is 0.193. The highest BCUT2D eigenvalue weighted by atomic mass is 33.1. The Labute approximate surface area is 194 Å². The highest BCUT2D eigenvalue weighted by Crippen LogP contribution is 2.24. The number of rotatable bonds is 15. The molecule has 12 heteroatoms. The minimum absolute atomic E-state index is 0.0939. The molecular formula is C20H28N2O8S2. The molecule has 0 aliphatic carbocycles. The second kappa shape index (κ2) is 14.1. The van der Waals surface area contributed by atoms with Gasteiger partial charge in [-0.25, -0.2) is 9.59 Å². The maximum absolute atomic E-state index is 11.7. The minimum atomic E-state index is -0.557. The predicted molar refractivity (Wildman–Crippen MR) is 116 cm³/mol. The first-order valence-electron chi connectivity index (χ1n) is 10.8. The molecule has 10 nitrogen and oxygen atoms in total. The number of imide groups is 2. The smallest absolute Gasteiger partial charge is 0.330 e. The van der Waals surface area contributed by atoms with E-state index in [9.17, 15) is 28.8 Å². The summed E-state index contributed by atoms with van der Waals surface area (Å²) in [6, 6.07) is 0. The lowest BCUT2D eigenvalue weighted by molar-refractivity contribution is -0.197. The second-order valence-electron chi connectivity index (χ2n) is 7.36. The van der Waals surface area contributed by atoms with Crippen LogP contribution >= 0.6 is 21.6 Å². The largest absolute Gasteiger partial charge is 0.333 e. The minimum Gasteiger partial charge on any atom is -0.330 e. The van der Waals surface area contributed by atoms with Gasteiger partial charge in [-0.1, -0.05) is 34.4 Å². The van der Waals surface area contributed by atoms with Crippen LogP contribution in [0.4, 0.5) is 0 Å². The number of carbonyl (C=O) groups is 6. The van der Waals surface area contributed by atoms with Gasteiger partial charge in [0.1, 0.15) is 0 Å². The molecule has 2 heterocycles. The van der Waals surface area contributed by atoms with E-state index in [2.05, 4.69) is 0 Å². The third-order valence-corrected chi connectivity index (χ3v) is 7.28.